The van der Waals surface area contributed by atoms with Gasteiger partial charge in [-0.1, -0.05) is 6.07 Å². The zero-order chi connectivity index (χ0) is 30.2. The Labute approximate surface area is 251 Å². The Morgan fingerprint density at radius 2 is 1.91 bits per heavy atom. The standard InChI is InChI=1S/C31H40N8O4/c1-20-27(34-19-26(30(40)41)38-31(42)43-18-4-5-22-9-14-32-15-10-22)35-21(2)36-29(20)39-16-11-23(12-17-39)25-8-7-24-6-3-13-33-28(24)37-25/h7-10,14-15,23,26H,3-6,11-13,16-19H2,1-2H3,(H,33,37)(H,38,42)(H,40,41)(H,34,35,36)/t26-/m0/s1. The normalized spacial score (nSPS) is 15.6. The van der Waals surface area contributed by atoms with E-state index in [9.17, 15) is 14.7 Å². The maximum atomic E-state index is 12.3. The fourth-order valence-corrected chi connectivity index (χ4v) is 5.62. The Bertz CT molecular complexity index is 1410. The van der Waals surface area contributed by atoms with Gasteiger partial charge in [-0.25, -0.2) is 24.5 Å². The zero-order valence-corrected chi connectivity index (χ0v) is 24.8. The number of carboxylic acid groups (broad SMARTS) is 1. The van der Waals surface area contributed by atoms with Crippen LogP contribution < -0.4 is 20.9 Å². The van der Waals surface area contributed by atoms with Gasteiger partial charge in [0.25, 0.3) is 0 Å². The summed E-state index contributed by atoms with van der Waals surface area (Å²) in [7, 11) is 0. The molecule has 0 unspecified atom stereocenters. The van der Waals surface area contributed by atoms with Crippen LogP contribution in [0.1, 0.15) is 59.8 Å². The van der Waals surface area contributed by atoms with E-state index in [1.54, 1.807) is 12.4 Å². The number of carbonyl (C=O) groups is 2. The average molecular weight is 589 g/mol. The highest BCUT2D eigenvalue weighted by Gasteiger charge is 2.26. The first-order chi connectivity index (χ1) is 20.9. The van der Waals surface area contributed by atoms with Crippen LogP contribution in [0, 0.1) is 13.8 Å². The van der Waals surface area contributed by atoms with Crippen molar-refractivity contribution in [1.82, 2.24) is 25.3 Å². The fraction of sp³-hybridized carbons (Fsp3) is 0.484. The van der Waals surface area contributed by atoms with E-state index in [2.05, 4.69) is 43.0 Å². The number of ether oxygens (including phenoxy) is 1. The van der Waals surface area contributed by atoms with E-state index >= 15 is 0 Å². The molecule has 43 heavy (non-hydrogen) atoms. The highest BCUT2D eigenvalue weighted by Crippen LogP contribution is 2.33. The van der Waals surface area contributed by atoms with Crippen molar-refractivity contribution in [2.45, 2.75) is 64.3 Å². The van der Waals surface area contributed by atoms with Crippen LogP contribution in [0.5, 0.6) is 0 Å². The number of aliphatic carboxylic acids is 1. The first-order valence-electron chi connectivity index (χ1n) is 15.0. The van der Waals surface area contributed by atoms with Gasteiger partial charge in [0.2, 0.25) is 0 Å². The van der Waals surface area contributed by atoms with Crippen LogP contribution in [-0.2, 0) is 22.4 Å². The quantitative estimate of drug-likeness (QED) is 0.242. The molecule has 228 valence electrons. The van der Waals surface area contributed by atoms with Gasteiger partial charge in [0.15, 0.2) is 0 Å². The lowest BCUT2D eigenvalue weighted by Gasteiger charge is -2.34. The number of anilines is 3. The van der Waals surface area contributed by atoms with Crippen LogP contribution in [-0.4, -0.2) is 75.9 Å². The average Bonchev–Trinajstić information content (AvgIpc) is 3.03. The summed E-state index contributed by atoms with van der Waals surface area (Å²) in [6, 6.07) is 7.01. The minimum atomic E-state index is -1.19. The fourth-order valence-electron chi connectivity index (χ4n) is 5.62. The Morgan fingerprint density at radius 1 is 1.12 bits per heavy atom. The maximum Gasteiger partial charge on any atom is 0.407 e. The maximum absolute atomic E-state index is 12.3. The van der Waals surface area contributed by atoms with Crippen LogP contribution in [0.25, 0.3) is 0 Å². The number of rotatable bonds is 11. The van der Waals surface area contributed by atoms with Crippen molar-refractivity contribution < 1.29 is 19.4 Å². The zero-order valence-electron chi connectivity index (χ0n) is 24.8. The number of aryl methyl sites for hydroxylation is 3. The van der Waals surface area contributed by atoms with Crippen LogP contribution >= 0.6 is 0 Å². The van der Waals surface area contributed by atoms with Gasteiger partial charge < -0.3 is 30.7 Å². The SMILES string of the molecule is Cc1nc(NC[C@H](NC(=O)OCCCc2ccncc2)C(=O)O)c(C)c(N2CCC(c3ccc4c(n3)NCCC4)CC2)n1. The van der Waals surface area contributed by atoms with Crippen LogP contribution in [0.15, 0.2) is 36.7 Å². The second-order valence-corrected chi connectivity index (χ2v) is 11.1. The number of aromatic nitrogens is 4. The number of carbonyl (C=O) groups excluding carboxylic acids is 1. The molecule has 5 heterocycles. The Hall–Kier alpha value is -4.48. The van der Waals surface area contributed by atoms with E-state index in [1.165, 1.54) is 5.56 Å². The number of nitrogens with one attached hydrogen (secondary N) is 3. The van der Waals surface area contributed by atoms with E-state index in [1.807, 2.05) is 26.0 Å². The molecule has 1 atom stereocenters. The van der Waals surface area contributed by atoms with Crippen LogP contribution in [0.2, 0.25) is 0 Å². The summed E-state index contributed by atoms with van der Waals surface area (Å²) in [5, 5.41) is 18.7. The molecular weight excluding hydrogens is 548 g/mol. The van der Waals surface area contributed by atoms with Gasteiger partial charge in [-0.15, -0.1) is 0 Å². The van der Waals surface area contributed by atoms with Crippen molar-refractivity contribution in [3.63, 3.8) is 0 Å². The number of alkyl carbamates (subject to hydrolysis) is 1. The van der Waals surface area contributed by atoms with Gasteiger partial charge in [-0.3, -0.25) is 4.98 Å². The van der Waals surface area contributed by atoms with Gasteiger partial charge >= 0.3 is 12.1 Å². The third-order valence-corrected chi connectivity index (χ3v) is 8.02. The highest BCUT2D eigenvalue weighted by atomic mass is 16.5. The number of piperidine rings is 1. The summed E-state index contributed by atoms with van der Waals surface area (Å²) in [5.41, 5.74) is 4.37. The van der Waals surface area contributed by atoms with Crippen molar-refractivity contribution in [1.29, 1.82) is 0 Å². The largest absolute Gasteiger partial charge is 0.480 e. The minimum absolute atomic E-state index is 0.0573. The summed E-state index contributed by atoms with van der Waals surface area (Å²) in [6.45, 7) is 6.52. The van der Waals surface area contributed by atoms with E-state index < -0.39 is 18.1 Å². The molecule has 5 rings (SSSR count). The molecule has 4 N–H and O–H groups in total. The summed E-state index contributed by atoms with van der Waals surface area (Å²) >= 11 is 0. The lowest BCUT2D eigenvalue weighted by molar-refractivity contribution is -0.138. The number of hydrogen-bond acceptors (Lipinski definition) is 10. The molecular formula is C31H40N8O4. The number of nitrogens with zero attached hydrogens (tertiary/aromatic N) is 5. The summed E-state index contributed by atoms with van der Waals surface area (Å²) in [6.07, 6.45) is 8.17. The Kier molecular flexibility index (Phi) is 9.85. The van der Waals surface area contributed by atoms with E-state index in [4.69, 9.17) is 14.7 Å². The Morgan fingerprint density at radius 3 is 2.67 bits per heavy atom. The number of hydrogen-bond donors (Lipinski definition) is 4. The van der Waals surface area contributed by atoms with Crippen LogP contribution in [0.4, 0.5) is 22.2 Å². The smallest absolute Gasteiger partial charge is 0.407 e. The molecule has 0 spiro atoms. The predicted molar refractivity (Wildman–Crippen MR) is 164 cm³/mol. The molecule has 1 amide bonds. The first kappa shape index (κ1) is 30.0. The van der Waals surface area contributed by atoms with Gasteiger partial charge in [-0.2, -0.15) is 0 Å². The molecule has 3 aromatic heterocycles. The molecule has 1 saturated heterocycles. The molecule has 0 radical (unpaired) electrons. The second-order valence-electron chi connectivity index (χ2n) is 11.1. The number of pyridine rings is 2. The van der Waals surface area contributed by atoms with Gasteiger partial charge in [-0.05, 0) is 81.7 Å². The number of amides is 1. The summed E-state index contributed by atoms with van der Waals surface area (Å²) in [4.78, 5) is 44.6. The lowest BCUT2D eigenvalue weighted by Crippen LogP contribution is -2.45. The van der Waals surface area contributed by atoms with E-state index in [-0.39, 0.29) is 13.2 Å². The van der Waals surface area contributed by atoms with E-state index in [0.29, 0.717) is 24.0 Å². The van der Waals surface area contributed by atoms with Crippen LogP contribution in [0.3, 0.4) is 0 Å². The molecule has 0 aromatic carbocycles. The predicted octanol–water partition coefficient (Wildman–Crippen LogP) is 3.85. The Balaban J connectivity index is 1.14. The molecule has 2 aliphatic rings. The van der Waals surface area contributed by atoms with Gasteiger partial charge in [0.1, 0.15) is 29.3 Å². The van der Waals surface area contributed by atoms with Crippen molar-refractivity contribution in [3.05, 3.63) is 64.9 Å². The highest BCUT2D eigenvalue weighted by molar-refractivity contribution is 5.80. The third-order valence-electron chi connectivity index (χ3n) is 8.02. The van der Waals surface area contributed by atoms with E-state index in [0.717, 1.165) is 80.2 Å². The first-order valence-corrected chi connectivity index (χ1v) is 15.0. The van der Waals surface area contributed by atoms with Crippen molar-refractivity contribution in [3.8, 4) is 0 Å². The number of carboxylic acids is 1. The van der Waals surface area contributed by atoms with Gasteiger partial charge in [0.05, 0.1) is 6.61 Å². The second kappa shape index (κ2) is 14.1. The summed E-state index contributed by atoms with van der Waals surface area (Å²) < 4.78 is 5.21. The molecule has 0 aliphatic carbocycles. The lowest BCUT2D eigenvalue weighted by atomic mass is 9.92. The van der Waals surface area contributed by atoms with Crippen molar-refractivity contribution in [2.24, 2.45) is 0 Å². The monoisotopic (exact) mass is 588 g/mol. The molecule has 3 aromatic rings. The molecule has 12 heteroatoms. The molecule has 1 fully saturated rings. The van der Waals surface area contributed by atoms with Gasteiger partial charge in [0, 0.05) is 55.7 Å². The number of fused-ring (bicyclic) bond motifs is 1. The van der Waals surface area contributed by atoms with Crippen molar-refractivity contribution >= 4 is 29.5 Å². The molecule has 2 aliphatic heterocycles. The topological polar surface area (TPSA) is 154 Å². The molecule has 0 saturated carbocycles. The molecule has 12 nitrogen and oxygen atoms in total. The summed E-state index contributed by atoms with van der Waals surface area (Å²) in [5.74, 6) is 2.23. The molecule has 0 bridgehead atoms. The minimum Gasteiger partial charge on any atom is -0.480 e. The third kappa shape index (κ3) is 7.88. The van der Waals surface area contributed by atoms with Crippen molar-refractivity contribution in [2.75, 3.05) is 48.3 Å².